The molecular formula is C41H40O3. The van der Waals surface area contributed by atoms with Gasteiger partial charge in [0, 0.05) is 33.4 Å². The molecule has 0 heterocycles. The van der Waals surface area contributed by atoms with E-state index in [-0.39, 0.29) is 5.78 Å². The van der Waals surface area contributed by atoms with E-state index in [1.54, 1.807) is 0 Å². The number of hydrogen-bond donors (Lipinski definition) is 0. The van der Waals surface area contributed by atoms with Crippen LogP contribution in [0.3, 0.4) is 0 Å². The zero-order valence-electron chi connectivity index (χ0n) is 25.9. The first-order valence-electron chi connectivity index (χ1n) is 16.0. The topological polar surface area (TPSA) is 35.5 Å². The van der Waals surface area contributed by atoms with Crippen molar-refractivity contribution in [3.63, 3.8) is 0 Å². The monoisotopic (exact) mass is 580 g/mol. The van der Waals surface area contributed by atoms with Crippen molar-refractivity contribution in [3.05, 3.63) is 118 Å². The molecule has 5 rings (SSSR count). The molecule has 0 radical (unpaired) electrons. The molecule has 0 unspecified atom stereocenters. The number of rotatable bonds is 12. The molecule has 0 saturated heterocycles. The van der Waals surface area contributed by atoms with Crippen molar-refractivity contribution in [1.82, 2.24) is 0 Å². The number of unbranched alkanes of at least 4 members (excludes halogenated alkanes) is 6. The molecule has 4 aromatic rings. The summed E-state index contributed by atoms with van der Waals surface area (Å²) in [7, 11) is 0. The van der Waals surface area contributed by atoms with E-state index < -0.39 is 0 Å². The second-order valence-corrected chi connectivity index (χ2v) is 11.2. The second kappa shape index (κ2) is 15.7. The standard InChI is InChI=1S/C41H40O3/c1-3-5-7-9-27-43-35-21-15-31(16-22-35)11-13-33-19-25-37-38-26-20-34(30-40(38)41(42)39(37)29-33)14-12-32-17-23-36(24-18-32)44-28-10-8-6-4-2/h15-26,29-30H,3-10,27-28H2,1-2H3. The van der Waals surface area contributed by atoms with Crippen molar-refractivity contribution in [3.8, 4) is 46.3 Å². The SMILES string of the molecule is CCCCCCOc1ccc(C#Cc2ccc3c(c2)C(=O)c2cc(C#Cc4ccc(OCCCCCC)cc4)ccc2-3)cc1. The van der Waals surface area contributed by atoms with Gasteiger partial charge in [0.1, 0.15) is 11.5 Å². The minimum Gasteiger partial charge on any atom is -0.494 e. The minimum absolute atomic E-state index is 0.0168. The lowest BCUT2D eigenvalue weighted by Crippen LogP contribution is -1.97. The number of benzene rings is 4. The molecule has 0 atom stereocenters. The van der Waals surface area contributed by atoms with Crippen LogP contribution in [0.2, 0.25) is 0 Å². The van der Waals surface area contributed by atoms with E-state index in [9.17, 15) is 4.79 Å². The normalized spacial score (nSPS) is 11.1. The van der Waals surface area contributed by atoms with Gasteiger partial charge in [-0.25, -0.2) is 0 Å². The zero-order valence-corrected chi connectivity index (χ0v) is 25.9. The van der Waals surface area contributed by atoms with E-state index in [1.807, 2.05) is 84.9 Å². The van der Waals surface area contributed by atoms with Crippen molar-refractivity contribution in [2.24, 2.45) is 0 Å². The maximum absolute atomic E-state index is 13.4. The van der Waals surface area contributed by atoms with E-state index in [4.69, 9.17) is 9.47 Å². The van der Waals surface area contributed by atoms with Crippen LogP contribution in [-0.2, 0) is 0 Å². The third-order valence-corrected chi connectivity index (χ3v) is 7.76. The average molecular weight is 581 g/mol. The fourth-order valence-electron chi connectivity index (χ4n) is 5.23. The largest absolute Gasteiger partial charge is 0.494 e. The lowest BCUT2D eigenvalue weighted by atomic mass is 10.0. The van der Waals surface area contributed by atoms with E-state index in [1.165, 1.54) is 38.5 Å². The Morgan fingerprint density at radius 2 is 0.841 bits per heavy atom. The average Bonchev–Trinajstić information content (AvgIpc) is 3.34. The molecule has 222 valence electrons. The summed E-state index contributed by atoms with van der Waals surface area (Å²) in [5.74, 6) is 14.6. The van der Waals surface area contributed by atoms with Crippen molar-refractivity contribution in [2.75, 3.05) is 13.2 Å². The van der Waals surface area contributed by atoms with Crippen LogP contribution in [0.4, 0.5) is 0 Å². The van der Waals surface area contributed by atoms with Crippen LogP contribution in [0.1, 0.15) is 103 Å². The quantitative estimate of drug-likeness (QED) is 0.109. The lowest BCUT2D eigenvalue weighted by molar-refractivity contribution is 0.104. The molecule has 4 aromatic carbocycles. The maximum Gasteiger partial charge on any atom is 0.194 e. The molecule has 0 fully saturated rings. The molecule has 0 aliphatic heterocycles. The van der Waals surface area contributed by atoms with E-state index in [2.05, 4.69) is 37.5 Å². The number of ether oxygens (including phenoxy) is 2. The summed E-state index contributed by atoms with van der Waals surface area (Å²) in [6.45, 7) is 5.91. The molecule has 3 heteroatoms. The van der Waals surface area contributed by atoms with Gasteiger partial charge in [-0.3, -0.25) is 4.79 Å². The third kappa shape index (κ3) is 8.21. The summed E-state index contributed by atoms with van der Waals surface area (Å²) in [5, 5.41) is 0. The lowest BCUT2D eigenvalue weighted by Gasteiger charge is -2.05. The van der Waals surface area contributed by atoms with Gasteiger partial charge in [-0.05, 0) is 96.8 Å². The number of fused-ring (bicyclic) bond motifs is 3. The Morgan fingerprint density at radius 3 is 1.25 bits per heavy atom. The highest BCUT2D eigenvalue weighted by Gasteiger charge is 2.26. The van der Waals surface area contributed by atoms with Gasteiger partial charge in [0.05, 0.1) is 13.2 Å². The number of carbonyl (C=O) groups is 1. The Labute approximate surface area is 262 Å². The van der Waals surface area contributed by atoms with Crippen LogP contribution < -0.4 is 9.47 Å². The number of hydrogen-bond acceptors (Lipinski definition) is 3. The van der Waals surface area contributed by atoms with E-state index in [0.717, 1.165) is 70.9 Å². The molecule has 0 spiro atoms. The van der Waals surface area contributed by atoms with Gasteiger partial charge in [0.15, 0.2) is 5.78 Å². The third-order valence-electron chi connectivity index (χ3n) is 7.76. The minimum atomic E-state index is 0.0168. The van der Waals surface area contributed by atoms with Crippen molar-refractivity contribution in [1.29, 1.82) is 0 Å². The van der Waals surface area contributed by atoms with Gasteiger partial charge in [-0.2, -0.15) is 0 Å². The maximum atomic E-state index is 13.4. The van der Waals surface area contributed by atoms with Crippen LogP contribution in [0, 0.1) is 23.7 Å². The Morgan fingerprint density at radius 1 is 0.455 bits per heavy atom. The summed E-state index contributed by atoms with van der Waals surface area (Å²) in [5.41, 5.74) is 6.71. The second-order valence-electron chi connectivity index (χ2n) is 11.2. The van der Waals surface area contributed by atoms with Crippen molar-refractivity contribution < 1.29 is 14.3 Å². The number of ketones is 1. The predicted octanol–water partition coefficient (Wildman–Crippen LogP) is 9.62. The van der Waals surface area contributed by atoms with Gasteiger partial charge in [0.25, 0.3) is 0 Å². The first-order chi connectivity index (χ1) is 21.6. The molecule has 3 nitrogen and oxygen atoms in total. The summed E-state index contributed by atoms with van der Waals surface area (Å²) >= 11 is 0. The smallest absolute Gasteiger partial charge is 0.194 e. The van der Waals surface area contributed by atoms with Crippen LogP contribution >= 0.6 is 0 Å². The summed E-state index contributed by atoms with van der Waals surface area (Å²) in [4.78, 5) is 13.4. The Kier molecular flexibility index (Phi) is 10.9. The first-order valence-corrected chi connectivity index (χ1v) is 16.0. The Hall–Kier alpha value is -4.73. The van der Waals surface area contributed by atoms with Gasteiger partial charge in [-0.1, -0.05) is 88.2 Å². The van der Waals surface area contributed by atoms with Crippen LogP contribution in [0.25, 0.3) is 11.1 Å². The van der Waals surface area contributed by atoms with Crippen LogP contribution in [-0.4, -0.2) is 19.0 Å². The molecule has 0 bridgehead atoms. The summed E-state index contributed by atoms with van der Waals surface area (Å²) in [6, 6.07) is 27.5. The first kappa shape index (κ1) is 30.7. The van der Waals surface area contributed by atoms with Gasteiger partial charge < -0.3 is 9.47 Å². The van der Waals surface area contributed by atoms with Crippen molar-refractivity contribution >= 4 is 5.78 Å². The zero-order chi connectivity index (χ0) is 30.6. The molecule has 0 aromatic heterocycles. The molecule has 0 saturated carbocycles. The fraction of sp³-hybridized carbons (Fsp3) is 0.293. The fourth-order valence-corrected chi connectivity index (χ4v) is 5.23. The molecule has 1 aliphatic rings. The highest BCUT2D eigenvalue weighted by atomic mass is 16.5. The highest BCUT2D eigenvalue weighted by molar-refractivity contribution is 6.22. The molecule has 44 heavy (non-hydrogen) atoms. The molecule has 0 amide bonds. The molecule has 1 aliphatic carbocycles. The number of carbonyl (C=O) groups excluding carboxylic acids is 1. The van der Waals surface area contributed by atoms with Gasteiger partial charge >= 0.3 is 0 Å². The Bertz CT molecular complexity index is 1560. The van der Waals surface area contributed by atoms with Gasteiger partial charge in [-0.15, -0.1) is 0 Å². The van der Waals surface area contributed by atoms with Gasteiger partial charge in [0.2, 0.25) is 0 Å². The molecule has 0 N–H and O–H groups in total. The van der Waals surface area contributed by atoms with E-state index in [0.29, 0.717) is 11.1 Å². The van der Waals surface area contributed by atoms with Crippen LogP contribution in [0.15, 0.2) is 84.9 Å². The summed E-state index contributed by atoms with van der Waals surface area (Å²) in [6.07, 6.45) is 9.51. The predicted molar refractivity (Wildman–Crippen MR) is 179 cm³/mol. The molecular weight excluding hydrogens is 540 g/mol. The van der Waals surface area contributed by atoms with Crippen molar-refractivity contribution in [2.45, 2.75) is 65.2 Å². The van der Waals surface area contributed by atoms with E-state index >= 15 is 0 Å². The highest BCUT2D eigenvalue weighted by Crippen LogP contribution is 2.37. The Balaban J connectivity index is 1.20. The summed E-state index contributed by atoms with van der Waals surface area (Å²) < 4.78 is 11.7. The van der Waals surface area contributed by atoms with Crippen LogP contribution in [0.5, 0.6) is 11.5 Å².